The molecule has 0 spiro atoms. The Hall–Kier alpha value is -1.34. The number of ether oxygens (including phenoxy) is 3. The normalized spacial score (nSPS) is 11.7. The van der Waals surface area contributed by atoms with Crippen molar-refractivity contribution in [3.63, 3.8) is 0 Å². The molecular formula is C49H96ClNO6. The molecule has 7 nitrogen and oxygen atoms in total. The molecule has 0 saturated carbocycles. The molecule has 0 atom stereocenters. The van der Waals surface area contributed by atoms with Crippen LogP contribution in [-0.2, 0) is 28.6 Å². The van der Waals surface area contributed by atoms with E-state index in [0.29, 0.717) is 23.7 Å². The molecule has 0 rings (SSSR count). The molecule has 0 heterocycles. The lowest BCUT2D eigenvalue weighted by Gasteiger charge is -2.44. The lowest BCUT2D eigenvalue weighted by molar-refractivity contribution is -0.925. The molecule has 0 radical (unpaired) electrons. The minimum Gasteiger partial charge on any atom is -1.00 e. The number of rotatable bonds is 43. The fourth-order valence-electron chi connectivity index (χ4n) is 7.37. The molecule has 0 fully saturated rings. The van der Waals surface area contributed by atoms with E-state index >= 15 is 0 Å². The maximum absolute atomic E-state index is 13.0. The Labute approximate surface area is 360 Å². The monoisotopic (exact) mass is 830 g/mol. The Morgan fingerprint density at radius 1 is 0.333 bits per heavy atom. The smallest absolute Gasteiger partial charge is 0.306 e. The molecule has 340 valence electrons. The maximum atomic E-state index is 13.0. The molecule has 0 saturated heterocycles. The van der Waals surface area contributed by atoms with Crippen LogP contribution in [-0.4, -0.2) is 68.9 Å². The average Bonchev–Trinajstić information content (AvgIpc) is 3.17. The quantitative estimate of drug-likeness (QED) is 0.0264. The highest BCUT2D eigenvalue weighted by Gasteiger charge is 2.47. The minimum absolute atomic E-state index is 0. The molecule has 0 aromatic heterocycles. The molecule has 0 amide bonds. The summed E-state index contributed by atoms with van der Waals surface area (Å²) in [6.07, 6.45) is 41.6. The lowest BCUT2D eigenvalue weighted by atomic mass is 9.98. The summed E-state index contributed by atoms with van der Waals surface area (Å²) in [6.45, 7) is 6.87. The summed E-state index contributed by atoms with van der Waals surface area (Å²) in [7, 11) is 5.98. The molecular weight excluding hydrogens is 734 g/mol. The molecule has 8 heteroatoms. The van der Waals surface area contributed by atoms with Gasteiger partial charge in [0.25, 0.3) is 0 Å². The predicted octanol–water partition coefficient (Wildman–Crippen LogP) is 11.2. The predicted molar refractivity (Wildman–Crippen MR) is 237 cm³/mol. The van der Waals surface area contributed by atoms with Crippen LogP contribution in [0, 0.1) is 0 Å². The second kappa shape index (κ2) is 41.4. The molecule has 0 N–H and O–H groups in total. The van der Waals surface area contributed by atoms with Crippen molar-refractivity contribution in [2.24, 2.45) is 0 Å². The highest BCUT2D eigenvalue weighted by molar-refractivity contribution is 5.70. The Morgan fingerprint density at radius 2 is 0.509 bits per heavy atom. The largest absolute Gasteiger partial charge is 1.00 e. The fourth-order valence-corrected chi connectivity index (χ4v) is 7.37. The maximum Gasteiger partial charge on any atom is 0.306 e. The van der Waals surface area contributed by atoms with E-state index in [1.165, 1.54) is 154 Å². The van der Waals surface area contributed by atoms with E-state index in [9.17, 15) is 14.4 Å². The molecule has 57 heavy (non-hydrogen) atoms. The van der Waals surface area contributed by atoms with E-state index in [1.807, 2.05) is 21.1 Å². The number of likely N-dealkylation sites (N-methyl/N-ethyl adjacent to an activating group) is 1. The van der Waals surface area contributed by atoms with Crippen LogP contribution in [0.15, 0.2) is 0 Å². The number of halogens is 1. The SMILES string of the molecule is CCCCCCCCCCCCCC(=O)OCC(COC(=O)CCCCCCCCCCCCC)(COC(=O)CCCCCCCCCCCCC)[N+](C)(C)C.[Cl-]. The first-order valence-electron chi connectivity index (χ1n) is 24.4. The van der Waals surface area contributed by atoms with Gasteiger partial charge in [0.1, 0.15) is 0 Å². The van der Waals surface area contributed by atoms with E-state index in [0.717, 1.165) is 57.8 Å². The molecule has 0 aliphatic heterocycles. The van der Waals surface area contributed by atoms with Gasteiger partial charge >= 0.3 is 17.9 Å². The van der Waals surface area contributed by atoms with Gasteiger partial charge in [0.15, 0.2) is 19.8 Å². The van der Waals surface area contributed by atoms with Crippen LogP contribution >= 0.6 is 0 Å². The van der Waals surface area contributed by atoms with E-state index in [-0.39, 0.29) is 50.1 Å². The van der Waals surface area contributed by atoms with E-state index in [2.05, 4.69) is 20.8 Å². The van der Waals surface area contributed by atoms with Crippen molar-refractivity contribution in [1.82, 2.24) is 0 Å². The number of quaternary nitrogens is 1. The third kappa shape index (κ3) is 36.3. The van der Waals surface area contributed by atoms with Crippen molar-refractivity contribution in [3.05, 3.63) is 0 Å². The van der Waals surface area contributed by atoms with Gasteiger partial charge in [0.2, 0.25) is 5.54 Å². The van der Waals surface area contributed by atoms with Crippen molar-refractivity contribution < 1.29 is 45.5 Å². The first kappa shape index (κ1) is 57.8. The Kier molecular flexibility index (Phi) is 41.9. The number of carbonyl (C=O) groups excluding carboxylic acids is 3. The van der Waals surface area contributed by atoms with Crippen molar-refractivity contribution in [2.75, 3.05) is 41.0 Å². The van der Waals surface area contributed by atoms with Gasteiger partial charge in [-0.2, -0.15) is 0 Å². The van der Waals surface area contributed by atoms with Crippen LogP contribution in [0.1, 0.15) is 252 Å². The number of unbranched alkanes of at least 4 members (excludes halogenated alkanes) is 30. The molecule has 0 unspecified atom stereocenters. The van der Waals surface area contributed by atoms with Crippen molar-refractivity contribution in [3.8, 4) is 0 Å². The van der Waals surface area contributed by atoms with E-state index in [1.54, 1.807) is 0 Å². The average molecular weight is 831 g/mol. The number of esters is 3. The Bertz CT molecular complexity index is 804. The molecule has 0 bridgehead atoms. The van der Waals surface area contributed by atoms with Crippen molar-refractivity contribution in [1.29, 1.82) is 0 Å². The zero-order chi connectivity index (χ0) is 41.4. The molecule has 0 aliphatic rings. The van der Waals surface area contributed by atoms with Crippen LogP contribution in [0.25, 0.3) is 0 Å². The summed E-state index contributed by atoms with van der Waals surface area (Å²) in [5.41, 5.74) is -0.896. The van der Waals surface area contributed by atoms with Gasteiger partial charge in [-0.05, 0) is 19.3 Å². The Morgan fingerprint density at radius 3 is 0.684 bits per heavy atom. The van der Waals surface area contributed by atoms with Crippen LogP contribution in [0.2, 0.25) is 0 Å². The van der Waals surface area contributed by atoms with Gasteiger partial charge in [-0.25, -0.2) is 0 Å². The van der Waals surface area contributed by atoms with Gasteiger partial charge < -0.3 is 31.1 Å². The van der Waals surface area contributed by atoms with Crippen LogP contribution in [0.3, 0.4) is 0 Å². The number of carbonyl (C=O) groups is 3. The van der Waals surface area contributed by atoms with E-state index in [4.69, 9.17) is 14.2 Å². The summed E-state index contributed by atoms with van der Waals surface area (Å²) in [5.74, 6) is -0.713. The van der Waals surface area contributed by atoms with Gasteiger partial charge in [0, 0.05) is 19.3 Å². The second-order valence-electron chi connectivity index (χ2n) is 18.1. The number of hydrogen-bond acceptors (Lipinski definition) is 6. The standard InChI is InChI=1S/C49H96NO6.ClH/c1-7-10-13-16-19-22-25-28-31-34-37-40-46(51)54-43-49(50(4,5)6,44-55-47(52)41-38-35-32-29-26-23-20-17-14-11-8-2)45-56-48(53)42-39-36-33-30-27-24-21-18-15-12-9-3;/h7-45H2,1-6H3;1H/q+1;/p-1. The highest BCUT2D eigenvalue weighted by Crippen LogP contribution is 2.24. The minimum atomic E-state index is -0.896. The number of hydrogen-bond donors (Lipinski definition) is 0. The zero-order valence-electron chi connectivity index (χ0n) is 38.9. The second-order valence-corrected chi connectivity index (χ2v) is 18.1. The van der Waals surface area contributed by atoms with Crippen LogP contribution in [0.4, 0.5) is 0 Å². The van der Waals surface area contributed by atoms with Crippen molar-refractivity contribution >= 4 is 17.9 Å². The molecule has 0 aliphatic carbocycles. The highest BCUT2D eigenvalue weighted by atomic mass is 35.5. The summed E-state index contributed by atoms with van der Waals surface area (Å²) in [6, 6.07) is 0. The topological polar surface area (TPSA) is 78.9 Å². The third-order valence-corrected chi connectivity index (χ3v) is 11.9. The van der Waals surface area contributed by atoms with Crippen molar-refractivity contribution in [2.45, 2.75) is 257 Å². The van der Waals surface area contributed by atoms with E-state index < -0.39 is 5.54 Å². The fraction of sp³-hybridized carbons (Fsp3) is 0.939. The summed E-state index contributed by atoms with van der Waals surface area (Å²) in [5, 5.41) is 0. The van der Waals surface area contributed by atoms with Gasteiger partial charge in [0.05, 0.1) is 21.1 Å². The Balaban J connectivity index is 0. The summed E-state index contributed by atoms with van der Waals surface area (Å²) in [4.78, 5) is 38.9. The van der Waals surface area contributed by atoms with Gasteiger partial charge in [-0.1, -0.05) is 213 Å². The third-order valence-electron chi connectivity index (χ3n) is 11.9. The van der Waals surface area contributed by atoms with Gasteiger partial charge in [-0.3, -0.25) is 14.4 Å². The van der Waals surface area contributed by atoms with Crippen LogP contribution in [0.5, 0.6) is 0 Å². The first-order chi connectivity index (χ1) is 27.1. The van der Waals surface area contributed by atoms with Gasteiger partial charge in [-0.15, -0.1) is 0 Å². The molecule has 0 aromatic rings. The zero-order valence-corrected chi connectivity index (χ0v) is 39.6. The number of nitrogens with zero attached hydrogens (tertiary/aromatic N) is 1. The summed E-state index contributed by atoms with van der Waals surface area (Å²) < 4.78 is 18.0. The molecule has 0 aromatic carbocycles. The summed E-state index contributed by atoms with van der Waals surface area (Å²) >= 11 is 0. The lowest BCUT2D eigenvalue weighted by Crippen LogP contribution is -3.00. The van der Waals surface area contributed by atoms with Crippen LogP contribution < -0.4 is 12.4 Å². The first-order valence-corrected chi connectivity index (χ1v) is 24.4.